The average molecular weight is 258 g/mol. The number of hydrogen-bond donors (Lipinski definition) is 1. The number of nitrogens with zero attached hydrogens (tertiary/aromatic N) is 1. The summed E-state index contributed by atoms with van der Waals surface area (Å²) in [4.78, 5) is 11.9. The Morgan fingerprint density at radius 2 is 1.79 bits per heavy atom. The minimum Gasteiger partial charge on any atom is -0.465 e. The molecule has 0 aliphatic heterocycles. The van der Waals surface area contributed by atoms with E-state index in [-0.39, 0.29) is 0 Å². The molecule has 0 saturated heterocycles. The van der Waals surface area contributed by atoms with E-state index in [9.17, 15) is 4.79 Å². The third kappa shape index (κ3) is 2.07. The first-order chi connectivity index (χ1) is 6.43. The van der Waals surface area contributed by atoms with Crippen LogP contribution in [-0.2, 0) is 0 Å². The summed E-state index contributed by atoms with van der Waals surface area (Å²) in [5.74, 6) is 0. The van der Waals surface area contributed by atoms with Crippen molar-refractivity contribution in [2.75, 3.05) is 11.9 Å². The van der Waals surface area contributed by atoms with E-state index < -0.39 is 6.09 Å². The number of amides is 1. The Kier molecular flexibility index (Phi) is 3.16. The Morgan fingerprint density at radius 3 is 2.14 bits per heavy atom. The molecule has 0 radical (unpaired) electrons. The molecule has 1 amide bonds. The SMILES string of the molecule is Cc1cc(N(C)C(=O)O)cc(C)c1Br. The van der Waals surface area contributed by atoms with Crippen molar-refractivity contribution in [2.45, 2.75) is 13.8 Å². The molecule has 0 aromatic heterocycles. The molecule has 1 rings (SSSR count). The molecule has 1 aromatic rings. The highest BCUT2D eigenvalue weighted by Crippen LogP contribution is 2.26. The zero-order chi connectivity index (χ0) is 10.9. The van der Waals surface area contributed by atoms with Gasteiger partial charge < -0.3 is 5.11 Å². The van der Waals surface area contributed by atoms with Gasteiger partial charge in [-0.1, -0.05) is 15.9 Å². The number of anilines is 1. The van der Waals surface area contributed by atoms with E-state index in [1.165, 1.54) is 11.9 Å². The van der Waals surface area contributed by atoms with Gasteiger partial charge in [0.1, 0.15) is 0 Å². The van der Waals surface area contributed by atoms with Crippen molar-refractivity contribution in [2.24, 2.45) is 0 Å². The van der Waals surface area contributed by atoms with Gasteiger partial charge in [-0.3, -0.25) is 4.90 Å². The molecule has 0 fully saturated rings. The molecule has 1 aromatic carbocycles. The van der Waals surface area contributed by atoms with Crippen LogP contribution in [0.25, 0.3) is 0 Å². The predicted octanol–water partition coefficient (Wildman–Crippen LogP) is 3.18. The highest BCUT2D eigenvalue weighted by molar-refractivity contribution is 9.10. The van der Waals surface area contributed by atoms with E-state index in [0.717, 1.165) is 15.6 Å². The summed E-state index contributed by atoms with van der Waals surface area (Å²) >= 11 is 3.43. The van der Waals surface area contributed by atoms with Gasteiger partial charge in [0.25, 0.3) is 0 Å². The molecule has 0 bridgehead atoms. The summed E-state index contributed by atoms with van der Waals surface area (Å²) in [5.41, 5.74) is 2.76. The second-order valence-electron chi connectivity index (χ2n) is 3.24. The number of hydrogen-bond acceptors (Lipinski definition) is 1. The Morgan fingerprint density at radius 1 is 1.36 bits per heavy atom. The fraction of sp³-hybridized carbons (Fsp3) is 0.300. The van der Waals surface area contributed by atoms with Crippen molar-refractivity contribution in [3.8, 4) is 0 Å². The lowest BCUT2D eigenvalue weighted by Crippen LogP contribution is -2.23. The largest absolute Gasteiger partial charge is 0.465 e. The van der Waals surface area contributed by atoms with Gasteiger partial charge in [0, 0.05) is 17.2 Å². The van der Waals surface area contributed by atoms with Crippen LogP contribution in [0, 0.1) is 13.8 Å². The van der Waals surface area contributed by atoms with Crippen molar-refractivity contribution < 1.29 is 9.90 Å². The Hall–Kier alpha value is -1.03. The number of rotatable bonds is 1. The average Bonchev–Trinajstić information content (AvgIpc) is 2.12. The number of carbonyl (C=O) groups is 1. The molecule has 0 unspecified atom stereocenters. The Labute approximate surface area is 91.5 Å². The number of carboxylic acid groups (broad SMARTS) is 1. The molecule has 1 N–H and O–H groups in total. The third-order valence-electron chi connectivity index (χ3n) is 2.10. The van der Waals surface area contributed by atoms with Crippen molar-refractivity contribution in [3.63, 3.8) is 0 Å². The van der Waals surface area contributed by atoms with Gasteiger partial charge in [0.05, 0.1) is 0 Å². The molecule has 0 aliphatic carbocycles. The zero-order valence-electron chi connectivity index (χ0n) is 8.34. The number of benzene rings is 1. The molecule has 76 valence electrons. The first-order valence-electron chi connectivity index (χ1n) is 4.17. The lowest BCUT2D eigenvalue weighted by atomic mass is 10.1. The van der Waals surface area contributed by atoms with E-state index in [1.54, 1.807) is 0 Å². The van der Waals surface area contributed by atoms with Crippen LogP contribution in [0.4, 0.5) is 10.5 Å². The van der Waals surface area contributed by atoms with Gasteiger partial charge >= 0.3 is 6.09 Å². The number of aryl methyl sites for hydroxylation is 2. The minimum atomic E-state index is -0.953. The van der Waals surface area contributed by atoms with Crippen molar-refractivity contribution in [1.29, 1.82) is 0 Å². The molecular weight excluding hydrogens is 246 g/mol. The van der Waals surface area contributed by atoms with Gasteiger partial charge in [-0.05, 0) is 37.1 Å². The minimum absolute atomic E-state index is 0.690. The lowest BCUT2D eigenvalue weighted by Gasteiger charge is -2.15. The predicted molar refractivity (Wildman–Crippen MR) is 60.0 cm³/mol. The summed E-state index contributed by atoms with van der Waals surface area (Å²) in [6.45, 7) is 3.88. The fourth-order valence-corrected chi connectivity index (χ4v) is 1.46. The summed E-state index contributed by atoms with van der Waals surface area (Å²) in [5, 5.41) is 8.80. The highest BCUT2D eigenvalue weighted by atomic mass is 79.9. The van der Waals surface area contributed by atoms with Crippen LogP contribution in [0.3, 0.4) is 0 Å². The quantitative estimate of drug-likeness (QED) is 0.840. The smallest absolute Gasteiger partial charge is 0.411 e. The summed E-state index contributed by atoms with van der Waals surface area (Å²) in [7, 11) is 1.53. The molecule has 0 spiro atoms. The van der Waals surface area contributed by atoms with E-state index in [0.29, 0.717) is 5.69 Å². The van der Waals surface area contributed by atoms with Gasteiger partial charge in [-0.25, -0.2) is 4.79 Å². The summed E-state index contributed by atoms with van der Waals surface area (Å²) < 4.78 is 1.03. The first kappa shape index (κ1) is 11.0. The van der Waals surface area contributed by atoms with E-state index in [2.05, 4.69) is 15.9 Å². The van der Waals surface area contributed by atoms with Crippen molar-refractivity contribution in [1.82, 2.24) is 0 Å². The van der Waals surface area contributed by atoms with Crippen LogP contribution in [0.5, 0.6) is 0 Å². The maximum Gasteiger partial charge on any atom is 0.411 e. The zero-order valence-corrected chi connectivity index (χ0v) is 9.92. The Bertz CT molecular complexity index is 353. The van der Waals surface area contributed by atoms with E-state index in [4.69, 9.17) is 5.11 Å². The molecular formula is C10H12BrNO2. The van der Waals surface area contributed by atoms with Crippen LogP contribution in [-0.4, -0.2) is 18.2 Å². The van der Waals surface area contributed by atoms with Gasteiger partial charge in [0.15, 0.2) is 0 Å². The lowest BCUT2D eigenvalue weighted by molar-refractivity contribution is 0.203. The molecule has 0 heterocycles. The van der Waals surface area contributed by atoms with Gasteiger partial charge in [-0.15, -0.1) is 0 Å². The van der Waals surface area contributed by atoms with Crippen LogP contribution in [0.2, 0.25) is 0 Å². The topological polar surface area (TPSA) is 40.5 Å². The molecule has 14 heavy (non-hydrogen) atoms. The monoisotopic (exact) mass is 257 g/mol. The van der Waals surface area contributed by atoms with E-state index >= 15 is 0 Å². The van der Waals surface area contributed by atoms with Crippen LogP contribution in [0.15, 0.2) is 16.6 Å². The normalized spacial score (nSPS) is 10.0. The van der Waals surface area contributed by atoms with E-state index in [1.807, 2.05) is 26.0 Å². The maximum atomic E-state index is 10.7. The third-order valence-corrected chi connectivity index (χ3v) is 3.35. The van der Waals surface area contributed by atoms with Crippen molar-refractivity contribution in [3.05, 3.63) is 27.7 Å². The summed E-state index contributed by atoms with van der Waals surface area (Å²) in [6, 6.07) is 3.68. The first-order valence-corrected chi connectivity index (χ1v) is 4.96. The summed E-state index contributed by atoms with van der Waals surface area (Å²) in [6.07, 6.45) is -0.953. The van der Waals surface area contributed by atoms with Crippen LogP contribution in [0.1, 0.15) is 11.1 Å². The fourth-order valence-electron chi connectivity index (χ4n) is 1.23. The van der Waals surface area contributed by atoms with Crippen molar-refractivity contribution >= 4 is 27.7 Å². The Balaban J connectivity index is 3.19. The molecule has 3 nitrogen and oxygen atoms in total. The maximum absolute atomic E-state index is 10.7. The van der Waals surface area contributed by atoms with Gasteiger partial charge in [0.2, 0.25) is 0 Å². The van der Waals surface area contributed by atoms with Crippen LogP contribution >= 0.6 is 15.9 Å². The van der Waals surface area contributed by atoms with Gasteiger partial charge in [-0.2, -0.15) is 0 Å². The molecule has 0 atom stereocenters. The highest BCUT2D eigenvalue weighted by Gasteiger charge is 2.10. The standard InChI is InChI=1S/C10H12BrNO2/c1-6-4-8(12(3)10(13)14)5-7(2)9(6)11/h4-5H,1-3H3,(H,13,14). The molecule has 0 saturated carbocycles. The molecule has 0 aliphatic rings. The number of halogens is 1. The second-order valence-corrected chi connectivity index (χ2v) is 4.03. The van der Waals surface area contributed by atoms with Crippen LogP contribution < -0.4 is 4.90 Å². The molecule has 4 heteroatoms. The second kappa shape index (κ2) is 4.00.